The van der Waals surface area contributed by atoms with Gasteiger partial charge >= 0.3 is 0 Å². The third-order valence-electron chi connectivity index (χ3n) is 3.74. The number of nitrogens with one attached hydrogen (secondary N) is 2. The number of anilines is 1. The lowest BCUT2D eigenvalue weighted by atomic mass is 10.1. The molecule has 0 aliphatic carbocycles. The van der Waals surface area contributed by atoms with E-state index in [2.05, 4.69) is 20.5 Å². The summed E-state index contributed by atoms with van der Waals surface area (Å²) in [4.78, 5) is 19.0. The molecule has 5 heteroatoms. The van der Waals surface area contributed by atoms with Crippen molar-refractivity contribution < 1.29 is 4.79 Å². The molecule has 0 saturated carbocycles. The van der Waals surface area contributed by atoms with E-state index in [1.807, 2.05) is 26.0 Å². The van der Waals surface area contributed by atoms with E-state index < -0.39 is 0 Å². The Balaban J connectivity index is 1.84. The van der Waals surface area contributed by atoms with E-state index in [0.29, 0.717) is 12.1 Å². The number of hydrogen-bond donors (Lipinski definition) is 2. The molecule has 2 rings (SSSR count). The number of aryl methyl sites for hydroxylation is 1. The Morgan fingerprint density at radius 1 is 1.29 bits per heavy atom. The molecule has 1 aliphatic heterocycles. The summed E-state index contributed by atoms with van der Waals surface area (Å²) in [6.45, 7) is 8.69. The average Bonchev–Trinajstić information content (AvgIpc) is 2.48. The van der Waals surface area contributed by atoms with Crippen LogP contribution in [-0.4, -0.2) is 48.5 Å². The quantitative estimate of drug-likeness (QED) is 0.842. The largest absolute Gasteiger partial charge is 0.370 e. The number of likely N-dealkylation sites (tertiary alicyclic amines) is 1. The highest BCUT2D eigenvalue weighted by atomic mass is 16.1. The van der Waals surface area contributed by atoms with Gasteiger partial charge in [0.1, 0.15) is 5.82 Å². The molecule has 5 nitrogen and oxygen atoms in total. The number of nitrogens with zero attached hydrogens (tertiary/aromatic N) is 2. The maximum atomic E-state index is 12.2. The number of rotatable bonds is 6. The Bertz CT molecular complexity index is 469. The number of carbonyl (C=O) groups is 1. The Morgan fingerprint density at radius 2 is 2.05 bits per heavy atom. The van der Waals surface area contributed by atoms with Gasteiger partial charge in [-0.2, -0.15) is 0 Å². The zero-order valence-electron chi connectivity index (χ0n) is 13.1. The van der Waals surface area contributed by atoms with Crippen LogP contribution < -0.4 is 10.6 Å². The molecule has 0 bridgehead atoms. The van der Waals surface area contributed by atoms with Crippen LogP contribution in [0.15, 0.2) is 12.1 Å². The van der Waals surface area contributed by atoms with E-state index in [9.17, 15) is 4.79 Å². The zero-order chi connectivity index (χ0) is 15.1. The molecule has 21 heavy (non-hydrogen) atoms. The molecule has 1 aromatic rings. The topological polar surface area (TPSA) is 57.3 Å². The van der Waals surface area contributed by atoms with Gasteiger partial charge in [-0.25, -0.2) is 4.98 Å². The minimum Gasteiger partial charge on any atom is -0.370 e. The number of hydrogen-bond acceptors (Lipinski definition) is 4. The van der Waals surface area contributed by atoms with Gasteiger partial charge in [0, 0.05) is 30.9 Å². The smallest absolute Gasteiger partial charge is 0.251 e. The standard InChI is InChI=1S/C16H26N4O/c1-3-17-15-12-14(11-13(2)19-15)16(21)18-7-10-20-8-5-4-6-9-20/h11-12H,3-10H2,1-2H3,(H,17,19)(H,18,21). The molecule has 1 amide bonds. The second-order valence-corrected chi connectivity index (χ2v) is 5.57. The Morgan fingerprint density at radius 3 is 2.76 bits per heavy atom. The zero-order valence-corrected chi connectivity index (χ0v) is 13.1. The van der Waals surface area contributed by atoms with Gasteiger partial charge < -0.3 is 15.5 Å². The highest BCUT2D eigenvalue weighted by Gasteiger charge is 2.11. The number of aromatic nitrogens is 1. The maximum absolute atomic E-state index is 12.2. The van der Waals surface area contributed by atoms with Crippen LogP contribution in [-0.2, 0) is 0 Å². The fourth-order valence-corrected chi connectivity index (χ4v) is 2.68. The summed E-state index contributed by atoms with van der Waals surface area (Å²) in [5.74, 6) is 0.746. The van der Waals surface area contributed by atoms with Crippen LogP contribution in [0.1, 0.15) is 42.2 Å². The summed E-state index contributed by atoms with van der Waals surface area (Å²) < 4.78 is 0. The predicted octanol–water partition coefficient (Wildman–Crippen LogP) is 2.04. The van der Waals surface area contributed by atoms with Crippen molar-refractivity contribution in [1.82, 2.24) is 15.2 Å². The van der Waals surface area contributed by atoms with Gasteiger partial charge in [0.15, 0.2) is 0 Å². The summed E-state index contributed by atoms with van der Waals surface area (Å²) in [6, 6.07) is 3.64. The fraction of sp³-hybridized carbons (Fsp3) is 0.625. The molecule has 0 aromatic carbocycles. The van der Waals surface area contributed by atoms with E-state index in [0.717, 1.165) is 37.7 Å². The van der Waals surface area contributed by atoms with Crippen molar-refractivity contribution >= 4 is 11.7 Å². The normalized spacial score (nSPS) is 15.7. The van der Waals surface area contributed by atoms with Crippen molar-refractivity contribution in [2.45, 2.75) is 33.1 Å². The van der Waals surface area contributed by atoms with Gasteiger partial charge in [0.25, 0.3) is 5.91 Å². The molecule has 2 heterocycles. The SMILES string of the molecule is CCNc1cc(C(=O)NCCN2CCCCC2)cc(C)n1. The van der Waals surface area contributed by atoms with Crippen molar-refractivity contribution in [1.29, 1.82) is 0 Å². The van der Waals surface area contributed by atoms with Crippen molar-refractivity contribution in [3.05, 3.63) is 23.4 Å². The number of amides is 1. The molecule has 116 valence electrons. The van der Waals surface area contributed by atoms with E-state index in [4.69, 9.17) is 0 Å². The lowest BCUT2D eigenvalue weighted by molar-refractivity contribution is 0.0946. The van der Waals surface area contributed by atoms with Gasteiger partial charge in [-0.1, -0.05) is 6.42 Å². The Kier molecular flexibility index (Phi) is 5.99. The molecule has 0 unspecified atom stereocenters. The van der Waals surface area contributed by atoms with Gasteiger partial charge in [-0.3, -0.25) is 4.79 Å². The van der Waals surface area contributed by atoms with E-state index in [1.165, 1.54) is 19.3 Å². The van der Waals surface area contributed by atoms with Crippen LogP contribution >= 0.6 is 0 Å². The minimum atomic E-state index is -0.0170. The summed E-state index contributed by atoms with van der Waals surface area (Å²) in [5, 5.41) is 6.16. The van der Waals surface area contributed by atoms with E-state index in [1.54, 1.807) is 0 Å². The first-order valence-corrected chi connectivity index (χ1v) is 7.92. The molecule has 2 N–H and O–H groups in total. The molecule has 1 aliphatic rings. The van der Waals surface area contributed by atoms with Crippen molar-refractivity contribution in [3.63, 3.8) is 0 Å². The molecular weight excluding hydrogens is 264 g/mol. The van der Waals surface area contributed by atoms with Gasteiger partial charge in [0.2, 0.25) is 0 Å². The minimum absolute atomic E-state index is 0.0170. The molecule has 1 aromatic heterocycles. The average molecular weight is 290 g/mol. The predicted molar refractivity (Wildman–Crippen MR) is 85.8 cm³/mol. The van der Waals surface area contributed by atoms with Crippen LogP contribution in [0, 0.1) is 6.92 Å². The lowest BCUT2D eigenvalue weighted by Crippen LogP contribution is -2.37. The monoisotopic (exact) mass is 290 g/mol. The second kappa shape index (κ2) is 7.98. The van der Waals surface area contributed by atoms with Crippen LogP contribution in [0.4, 0.5) is 5.82 Å². The molecular formula is C16H26N4O. The number of carbonyl (C=O) groups excluding carboxylic acids is 1. The fourth-order valence-electron chi connectivity index (χ4n) is 2.68. The molecule has 0 spiro atoms. The first kappa shape index (κ1) is 15.8. The van der Waals surface area contributed by atoms with Crippen molar-refractivity contribution in [2.75, 3.05) is 38.0 Å². The first-order valence-electron chi connectivity index (χ1n) is 7.92. The van der Waals surface area contributed by atoms with Crippen LogP contribution in [0.2, 0.25) is 0 Å². The molecule has 0 radical (unpaired) electrons. The van der Waals surface area contributed by atoms with Crippen molar-refractivity contribution in [3.8, 4) is 0 Å². The van der Waals surface area contributed by atoms with E-state index in [-0.39, 0.29) is 5.91 Å². The summed E-state index contributed by atoms with van der Waals surface area (Å²) >= 11 is 0. The molecule has 1 saturated heterocycles. The van der Waals surface area contributed by atoms with Crippen molar-refractivity contribution in [2.24, 2.45) is 0 Å². The van der Waals surface area contributed by atoms with Crippen LogP contribution in [0.3, 0.4) is 0 Å². The number of piperidine rings is 1. The second-order valence-electron chi connectivity index (χ2n) is 5.57. The molecule has 1 fully saturated rings. The summed E-state index contributed by atoms with van der Waals surface area (Å²) in [5.41, 5.74) is 1.53. The Labute approximate surface area is 127 Å². The summed E-state index contributed by atoms with van der Waals surface area (Å²) in [6.07, 6.45) is 3.90. The van der Waals surface area contributed by atoms with Crippen LogP contribution in [0.25, 0.3) is 0 Å². The lowest BCUT2D eigenvalue weighted by Gasteiger charge is -2.26. The van der Waals surface area contributed by atoms with Gasteiger partial charge in [-0.05, 0) is 51.9 Å². The third-order valence-corrected chi connectivity index (χ3v) is 3.74. The number of pyridine rings is 1. The highest BCUT2D eigenvalue weighted by molar-refractivity contribution is 5.95. The maximum Gasteiger partial charge on any atom is 0.251 e. The Hall–Kier alpha value is -1.62. The third kappa shape index (κ3) is 5.01. The van der Waals surface area contributed by atoms with E-state index >= 15 is 0 Å². The molecule has 0 atom stereocenters. The van der Waals surface area contributed by atoms with Gasteiger partial charge in [0.05, 0.1) is 0 Å². The summed E-state index contributed by atoms with van der Waals surface area (Å²) in [7, 11) is 0. The van der Waals surface area contributed by atoms with Crippen LogP contribution in [0.5, 0.6) is 0 Å². The van der Waals surface area contributed by atoms with Gasteiger partial charge in [-0.15, -0.1) is 0 Å². The first-order chi connectivity index (χ1) is 10.2. The highest BCUT2D eigenvalue weighted by Crippen LogP contribution is 2.10.